The molecule has 0 spiro atoms. The van der Waals surface area contributed by atoms with Gasteiger partial charge in [0.15, 0.2) is 5.78 Å². The van der Waals surface area contributed by atoms with Crippen LogP contribution in [0.5, 0.6) is 0 Å². The average molecular weight is 379 g/mol. The van der Waals surface area contributed by atoms with Gasteiger partial charge in [0.05, 0.1) is 0 Å². The van der Waals surface area contributed by atoms with Crippen molar-refractivity contribution in [3.8, 4) is 0 Å². The molecule has 0 saturated carbocycles. The van der Waals surface area contributed by atoms with Crippen molar-refractivity contribution in [2.24, 2.45) is 5.92 Å². The summed E-state index contributed by atoms with van der Waals surface area (Å²) in [6, 6.07) is 11.4. The van der Waals surface area contributed by atoms with Crippen LogP contribution >= 0.6 is 15.9 Å². The Morgan fingerprint density at radius 3 is 2.13 bits per heavy atom. The molecule has 0 unspecified atom stereocenters. The lowest BCUT2D eigenvalue weighted by Gasteiger charge is -2.06. The van der Waals surface area contributed by atoms with Crippen molar-refractivity contribution in [3.05, 3.63) is 69.4 Å². The van der Waals surface area contributed by atoms with Crippen LogP contribution in [0.25, 0.3) is 0 Å². The normalized spacial score (nSPS) is 10.2. The summed E-state index contributed by atoms with van der Waals surface area (Å²) in [6.45, 7) is 8.62. The summed E-state index contributed by atoms with van der Waals surface area (Å²) in [5.74, 6) is 0.392. The first kappa shape index (κ1) is 19.6. The van der Waals surface area contributed by atoms with Gasteiger partial charge < -0.3 is 0 Å². The van der Waals surface area contributed by atoms with E-state index in [1.165, 1.54) is 29.8 Å². The van der Waals surface area contributed by atoms with Gasteiger partial charge in [0.25, 0.3) is 0 Å². The van der Waals surface area contributed by atoms with Crippen LogP contribution in [0.1, 0.15) is 55.6 Å². The largest absolute Gasteiger partial charge is 0.289 e. The summed E-state index contributed by atoms with van der Waals surface area (Å²) in [6.07, 6.45) is 2.06. The average Bonchev–Trinajstić information content (AvgIpc) is 2.47. The second-order valence-corrected chi connectivity index (χ2v) is 6.99. The molecule has 2 aromatic rings. The predicted molar refractivity (Wildman–Crippen MR) is 98.5 cm³/mol. The molecule has 0 aliphatic rings. The highest BCUT2D eigenvalue weighted by molar-refractivity contribution is 9.10. The van der Waals surface area contributed by atoms with Crippen LogP contribution in [0.2, 0.25) is 0 Å². The minimum atomic E-state index is -0.339. The molecule has 1 nitrogen and oxygen atoms in total. The van der Waals surface area contributed by atoms with E-state index in [0.29, 0.717) is 11.1 Å². The molecular formula is C20H24BrFO. The Labute approximate surface area is 147 Å². The van der Waals surface area contributed by atoms with E-state index in [0.717, 1.165) is 23.2 Å². The van der Waals surface area contributed by atoms with Crippen molar-refractivity contribution >= 4 is 21.7 Å². The molecule has 0 aliphatic carbocycles. The van der Waals surface area contributed by atoms with Gasteiger partial charge in [-0.05, 0) is 54.3 Å². The van der Waals surface area contributed by atoms with Gasteiger partial charge in [0.1, 0.15) is 5.82 Å². The van der Waals surface area contributed by atoms with E-state index in [2.05, 4.69) is 43.6 Å². The molecule has 0 atom stereocenters. The summed E-state index contributed by atoms with van der Waals surface area (Å²) in [7, 11) is 0. The molecule has 0 fully saturated rings. The van der Waals surface area contributed by atoms with Gasteiger partial charge in [-0.1, -0.05) is 56.1 Å². The summed E-state index contributed by atoms with van der Waals surface area (Å²) in [5, 5.41) is 0. The molecule has 0 amide bonds. The maximum Gasteiger partial charge on any atom is 0.194 e. The number of ketones is 1. The zero-order chi connectivity index (χ0) is 17.4. The number of carbonyl (C=O) groups excluding carboxylic acids is 1. The van der Waals surface area contributed by atoms with E-state index in [9.17, 15) is 9.18 Å². The van der Waals surface area contributed by atoms with Crippen molar-refractivity contribution in [1.82, 2.24) is 0 Å². The standard InChI is InChI=1S/C16H14BrFO.C4H10/c1-2-3-11-4-9-14(15(17)10-11)16(19)12-5-7-13(18)8-6-12;1-4(2)3/h4-10H,2-3H2,1H3;4H,1-3H3. The number of carbonyl (C=O) groups is 1. The van der Waals surface area contributed by atoms with Crippen molar-refractivity contribution in [3.63, 3.8) is 0 Å². The molecule has 2 rings (SSSR count). The first-order valence-electron chi connectivity index (χ1n) is 7.93. The lowest BCUT2D eigenvalue weighted by molar-refractivity contribution is 0.103. The third-order valence-electron chi connectivity index (χ3n) is 2.92. The topological polar surface area (TPSA) is 17.1 Å². The third kappa shape index (κ3) is 6.66. The number of hydrogen-bond acceptors (Lipinski definition) is 1. The van der Waals surface area contributed by atoms with Gasteiger partial charge in [-0.3, -0.25) is 4.79 Å². The molecule has 23 heavy (non-hydrogen) atoms. The zero-order valence-electron chi connectivity index (χ0n) is 14.2. The van der Waals surface area contributed by atoms with E-state index in [4.69, 9.17) is 0 Å². The number of aryl methyl sites for hydroxylation is 1. The molecule has 2 aromatic carbocycles. The van der Waals surface area contributed by atoms with Crippen LogP contribution in [0.15, 0.2) is 46.9 Å². The Kier molecular flexibility index (Phi) is 8.18. The van der Waals surface area contributed by atoms with Crippen LogP contribution in [0.3, 0.4) is 0 Å². The lowest BCUT2D eigenvalue weighted by atomic mass is 10.0. The quantitative estimate of drug-likeness (QED) is 0.559. The summed E-state index contributed by atoms with van der Waals surface area (Å²) < 4.78 is 13.6. The Balaban J connectivity index is 0.000000593. The van der Waals surface area contributed by atoms with Crippen LogP contribution in [-0.2, 0) is 6.42 Å². The first-order chi connectivity index (χ1) is 10.8. The second kappa shape index (κ2) is 9.61. The fraction of sp³-hybridized carbons (Fsp3) is 0.350. The van der Waals surface area contributed by atoms with Crippen LogP contribution in [-0.4, -0.2) is 5.78 Å². The molecule has 0 bridgehead atoms. The maximum atomic E-state index is 12.8. The SMILES string of the molecule is CC(C)C.CCCc1ccc(C(=O)c2ccc(F)cc2)c(Br)c1. The van der Waals surface area contributed by atoms with E-state index in [1.807, 2.05) is 18.2 Å². The summed E-state index contributed by atoms with van der Waals surface area (Å²) in [4.78, 5) is 12.3. The monoisotopic (exact) mass is 378 g/mol. The Hall–Kier alpha value is -1.48. The van der Waals surface area contributed by atoms with Gasteiger partial charge >= 0.3 is 0 Å². The van der Waals surface area contributed by atoms with E-state index < -0.39 is 0 Å². The van der Waals surface area contributed by atoms with E-state index >= 15 is 0 Å². The fourth-order valence-corrected chi connectivity index (χ4v) is 2.55. The zero-order valence-corrected chi connectivity index (χ0v) is 15.8. The molecule has 0 aromatic heterocycles. The number of benzene rings is 2. The van der Waals surface area contributed by atoms with Crippen molar-refractivity contribution in [2.45, 2.75) is 40.5 Å². The van der Waals surface area contributed by atoms with E-state index in [1.54, 1.807) is 0 Å². The highest BCUT2D eigenvalue weighted by Crippen LogP contribution is 2.22. The fourth-order valence-electron chi connectivity index (χ4n) is 1.94. The number of halogens is 2. The maximum absolute atomic E-state index is 12.8. The van der Waals surface area contributed by atoms with Gasteiger partial charge in [-0.25, -0.2) is 4.39 Å². The molecule has 0 aliphatic heterocycles. The van der Waals surface area contributed by atoms with Gasteiger partial charge in [0, 0.05) is 15.6 Å². The van der Waals surface area contributed by atoms with E-state index in [-0.39, 0.29) is 11.6 Å². The Morgan fingerprint density at radius 2 is 1.65 bits per heavy atom. The molecule has 0 heterocycles. The highest BCUT2D eigenvalue weighted by Gasteiger charge is 2.12. The summed E-state index contributed by atoms with van der Waals surface area (Å²) >= 11 is 3.43. The molecule has 0 saturated heterocycles. The lowest BCUT2D eigenvalue weighted by Crippen LogP contribution is -2.03. The highest BCUT2D eigenvalue weighted by atomic mass is 79.9. The molecule has 124 valence electrons. The third-order valence-corrected chi connectivity index (χ3v) is 3.58. The Morgan fingerprint density at radius 1 is 1.09 bits per heavy atom. The molecule has 3 heteroatoms. The van der Waals surface area contributed by atoms with Gasteiger partial charge in [0.2, 0.25) is 0 Å². The van der Waals surface area contributed by atoms with Crippen LogP contribution in [0, 0.1) is 11.7 Å². The van der Waals surface area contributed by atoms with Crippen molar-refractivity contribution in [2.75, 3.05) is 0 Å². The molecule has 0 N–H and O–H groups in total. The van der Waals surface area contributed by atoms with Crippen molar-refractivity contribution < 1.29 is 9.18 Å². The second-order valence-electron chi connectivity index (χ2n) is 6.13. The number of hydrogen-bond donors (Lipinski definition) is 0. The Bertz CT molecular complexity index is 630. The van der Waals surface area contributed by atoms with Crippen LogP contribution in [0.4, 0.5) is 4.39 Å². The number of rotatable bonds is 4. The minimum absolute atomic E-state index is 0.102. The predicted octanol–water partition coefficient (Wildman–Crippen LogP) is 6.43. The van der Waals surface area contributed by atoms with Crippen LogP contribution < -0.4 is 0 Å². The van der Waals surface area contributed by atoms with Gasteiger partial charge in [-0.15, -0.1) is 0 Å². The van der Waals surface area contributed by atoms with Crippen molar-refractivity contribution in [1.29, 1.82) is 0 Å². The minimum Gasteiger partial charge on any atom is -0.289 e. The molecular weight excluding hydrogens is 355 g/mol. The first-order valence-corrected chi connectivity index (χ1v) is 8.73. The summed E-state index contributed by atoms with van der Waals surface area (Å²) in [5.41, 5.74) is 2.29. The molecule has 0 radical (unpaired) electrons. The smallest absolute Gasteiger partial charge is 0.194 e. The van der Waals surface area contributed by atoms with Gasteiger partial charge in [-0.2, -0.15) is 0 Å².